The van der Waals surface area contributed by atoms with Gasteiger partial charge in [-0.05, 0) is 43.9 Å². The van der Waals surface area contributed by atoms with E-state index in [1.54, 1.807) is 25.2 Å². The minimum absolute atomic E-state index is 0.000441. The summed E-state index contributed by atoms with van der Waals surface area (Å²) in [4.78, 5) is 27.5. The minimum atomic E-state index is -3.69. The molecule has 176 valence electrons. The van der Waals surface area contributed by atoms with Gasteiger partial charge in [-0.2, -0.15) is 4.31 Å². The molecule has 1 aromatic rings. The third kappa shape index (κ3) is 5.13. The van der Waals surface area contributed by atoms with Crippen LogP contribution in [0, 0.1) is 0 Å². The predicted octanol–water partition coefficient (Wildman–Crippen LogP) is 2.37. The molecular weight excluding hydrogens is 450 g/mol. The van der Waals surface area contributed by atoms with Crippen LogP contribution in [0.3, 0.4) is 0 Å². The molecule has 2 heterocycles. The van der Waals surface area contributed by atoms with Crippen LogP contribution in [0.5, 0.6) is 0 Å². The number of anilines is 1. The minimum Gasteiger partial charge on any atom is -0.376 e. The molecule has 1 aliphatic carbocycles. The van der Waals surface area contributed by atoms with Crippen molar-refractivity contribution in [2.45, 2.75) is 66.9 Å². The van der Waals surface area contributed by atoms with E-state index in [-0.39, 0.29) is 41.2 Å². The van der Waals surface area contributed by atoms with Crippen molar-refractivity contribution < 1.29 is 22.7 Å². The first-order chi connectivity index (χ1) is 15.4. The lowest BCUT2D eigenvalue weighted by Crippen LogP contribution is -2.45. The summed E-state index contributed by atoms with van der Waals surface area (Å²) in [5.41, 5.74) is 0.483. The number of hydrogen-bond donors (Lipinski definition) is 1. The Morgan fingerprint density at radius 1 is 1.22 bits per heavy atom. The fraction of sp³-hybridized carbons (Fsp3) is 0.636. The second-order valence-electron chi connectivity index (χ2n) is 8.65. The topological polar surface area (TPSA) is 96.0 Å². The number of fused-ring (bicyclic) bond motifs is 1. The zero-order chi connectivity index (χ0) is 22.7. The van der Waals surface area contributed by atoms with Crippen LogP contribution < -0.4 is 10.2 Å². The maximum atomic E-state index is 13.3. The maximum Gasteiger partial charge on any atom is 0.243 e. The van der Waals surface area contributed by atoms with Gasteiger partial charge in [0.25, 0.3) is 0 Å². The summed E-state index contributed by atoms with van der Waals surface area (Å²) >= 11 is 1.37. The number of sulfonamides is 1. The SMILES string of the molecule is CN(C1CCCCC1)S(=O)(=O)c1ccc2c(c1)N(CC(=O)NC[C@@H]1CCCO1)C(=O)CS2. The lowest BCUT2D eigenvalue weighted by molar-refractivity contribution is -0.123. The van der Waals surface area contributed by atoms with Crippen molar-refractivity contribution in [1.82, 2.24) is 9.62 Å². The number of carbonyl (C=O) groups excluding carboxylic acids is 2. The smallest absolute Gasteiger partial charge is 0.243 e. The largest absolute Gasteiger partial charge is 0.376 e. The first kappa shape index (κ1) is 23.5. The number of ether oxygens (including phenoxy) is 1. The summed E-state index contributed by atoms with van der Waals surface area (Å²) in [5, 5.41) is 2.84. The van der Waals surface area contributed by atoms with Gasteiger partial charge in [0.15, 0.2) is 0 Å². The predicted molar refractivity (Wildman–Crippen MR) is 123 cm³/mol. The Morgan fingerprint density at radius 3 is 2.72 bits per heavy atom. The number of carbonyl (C=O) groups is 2. The van der Waals surface area contributed by atoms with Crippen molar-refractivity contribution in [1.29, 1.82) is 0 Å². The molecule has 1 atom stereocenters. The van der Waals surface area contributed by atoms with Crippen LogP contribution in [0.2, 0.25) is 0 Å². The molecule has 3 aliphatic rings. The van der Waals surface area contributed by atoms with Crippen molar-refractivity contribution in [3.05, 3.63) is 18.2 Å². The highest BCUT2D eigenvalue weighted by Gasteiger charge is 2.32. The Morgan fingerprint density at radius 2 is 2.00 bits per heavy atom. The van der Waals surface area contributed by atoms with Crippen molar-refractivity contribution in [2.24, 2.45) is 0 Å². The van der Waals surface area contributed by atoms with Gasteiger partial charge in [-0.25, -0.2) is 8.42 Å². The molecule has 0 spiro atoms. The highest BCUT2D eigenvalue weighted by molar-refractivity contribution is 8.00. The Kier molecular flexibility index (Phi) is 7.44. The normalized spacial score (nSPS) is 22.2. The Labute approximate surface area is 194 Å². The molecule has 4 rings (SSSR count). The molecule has 0 unspecified atom stereocenters. The van der Waals surface area contributed by atoms with Gasteiger partial charge in [0.2, 0.25) is 21.8 Å². The van der Waals surface area contributed by atoms with Crippen LogP contribution >= 0.6 is 11.8 Å². The fourth-order valence-electron chi connectivity index (χ4n) is 4.56. The summed E-state index contributed by atoms with van der Waals surface area (Å²) in [6.07, 6.45) is 6.87. The summed E-state index contributed by atoms with van der Waals surface area (Å²) < 4.78 is 33.6. The Bertz CT molecular complexity index is 956. The third-order valence-corrected chi connectivity index (χ3v) is 9.45. The van der Waals surface area contributed by atoms with Crippen LogP contribution in [0.1, 0.15) is 44.9 Å². The van der Waals surface area contributed by atoms with Crippen LogP contribution in [-0.2, 0) is 24.3 Å². The highest BCUT2D eigenvalue weighted by Crippen LogP contribution is 2.38. The molecule has 1 N–H and O–H groups in total. The van der Waals surface area contributed by atoms with Gasteiger partial charge in [0.1, 0.15) is 6.54 Å². The lowest BCUT2D eigenvalue weighted by Gasteiger charge is -2.32. The first-order valence-electron chi connectivity index (χ1n) is 11.3. The maximum absolute atomic E-state index is 13.3. The Hall–Kier alpha value is -1.62. The van der Waals surface area contributed by atoms with E-state index in [2.05, 4.69) is 5.32 Å². The first-order valence-corrected chi connectivity index (χ1v) is 13.7. The molecule has 2 amide bonds. The molecule has 0 bridgehead atoms. The van der Waals surface area contributed by atoms with Crippen LogP contribution in [0.25, 0.3) is 0 Å². The lowest BCUT2D eigenvalue weighted by atomic mass is 9.96. The van der Waals surface area contributed by atoms with Gasteiger partial charge >= 0.3 is 0 Å². The molecule has 32 heavy (non-hydrogen) atoms. The molecule has 2 aliphatic heterocycles. The van der Waals surface area contributed by atoms with E-state index in [1.807, 2.05) is 0 Å². The number of hydrogen-bond acceptors (Lipinski definition) is 6. The zero-order valence-electron chi connectivity index (χ0n) is 18.4. The number of nitrogens with one attached hydrogen (secondary N) is 1. The number of rotatable bonds is 7. The van der Waals surface area contributed by atoms with Crippen LogP contribution in [0.4, 0.5) is 5.69 Å². The van der Waals surface area contributed by atoms with E-state index in [1.165, 1.54) is 21.0 Å². The van der Waals surface area contributed by atoms with Gasteiger partial charge in [-0.1, -0.05) is 19.3 Å². The van der Waals surface area contributed by atoms with Gasteiger partial charge in [0.05, 0.1) is 22.4 Å². The third-order valence-electron chi connectivity index (χ3n) is 6.49. The van der Waals surface area contributed by atoms with Crippen molar-refractivity contribution in [2.75, 3.05) is 37.4 Å². The molecule has 1 saturated carbocycles. The molecule has 1 aromatic carbocycles. The fourth-order valence-corrected chi connectivity index (χ4v) is 6.91. The molecule has 1 saturated heterocycles. The second kappa shape index (κ2) is 10.1. The van der Waals surface area contributed by atoms with E-state index in [4.69, 9.17) is 4.74 Å². The summed E-state index contributed by atoms with van der Waals surface area (Å²) in [7, 11) is -2.05. The van der Waals surface area contributed by atoms with Crippen LogP contribution in [-0.4, -0.2) is 69.2 Å². The highest BCUT2D eigenvalue weighted by atomic mass is 32.2. The molecular formula is C22H31N3O5S2. The van der Waals surface area contributed by atoms with Gasteiger partial charge < -0.3 is 15.0 Å². The molecule has 0 radical (unpaired) electrons. The van der Waals surface area contributed by atoms with Gasteiger partial charge in [0, 0.05) is 31.1 Å². The standard InChI is InChI=1S/C22H31N3O5S2/c1-24(16-6-3-2-4-7-16)32(28,29)18-9-10-20-19(12-18)25(22(27)15-31-20)14-21(26)23-13-17-8-5-11-30-17/h9-10,12,16-17H,2-8,11,13-15H2,1H3,(H,23,26)/t17-/m0/s1. The summed E-state index contributed by atoms with van der Waals surface area (Å²) in [5.74, 6) is -0.260. The number of benzene rings is 1. The average molecular weight is 482 g/mol. The zero-order valence-corrected chi connectivity index (χ0v) is 20.1. The number of nitrogens with zero attached hydrogens (tertiary/aromatic N) is 2. The van der Waals surface area contributed by atoms with Crippen molar-refractivity contribution in [3.63, 3.8) is 0 Å². The Balaban J connectivity index is 1.51. The van der Waals surface area contributed by atoms with Gasteiger partial charge in [-0.3, -0.25) is 9.59 Å². The van der Waals surface area contributed by atoms with E-state index >= 15 is 0 Å². The monoisotopic (exact) mass is 481 g/mol. The van der Waals surface area contributed by atoms with Crippen molar-refractivity contribution >= 4 is 39.3 Å². The van der Waals surface area contributed by atoms with E-state index in [9.17, 15) is 18.0 Å². The van der Waals surface area contributed by atoms with E-state index < -0.39 is 10.0 Å². The molecule has 8 nitrogen and oxygen atoms in total. The summed E-state index contributed by atoms with van der Waals surface area (Å²) in [6, 6.07) is 4.89. The molecule has 10 heteroatoms. The van der Waals surface area contributed by atoms with Crippen LogP contribution in [0.15, 0.2) is 28.0 Å². The molecule has 0 aromatic heterocycles. The quantitative estimate of drug-likeness (QED) is 0.642. The van der Waals surface area contributed by atoms with E-state index in [0.29, 0.717) is 18.8 Å². The molecule has 2 fully saturated rings. The average Bonchev–Trinajstić information content (AvgIpc) is 3.33. The summed E-state index contributed by atoms with van der Waals surface area (Å²) in [6.45, 7) is 0.993. The van der Waals surface area contributed by atoms with E-state index in [0.717, 1.165) is 49.8 Å². The second-order valence-corrected chi connectivity index (χ2v) is 11.7. The van der Waals surface area contributed by atoms with Gasteiger partial charge in [-0.15, -0.1) is 11.8 Å². The number of amides is 2. The van der Waals surface area contributed by atoms with Crippen molar-refractivity contribution in [3.8, 4) is 0 Å². The number of thioether (sulfide) groups is 1.